The van der Waals surface area contributed by atoms with Gasteiger partial charge in [0.15, 0.2) is 0 Å². The van der Waals surface area contributed by atoms with Crippen molar-refractivity contribution >= 4 is 10.9 Å². The molecule has 0 amide bonds. The van der Waals surface area contributed by atoms with Crippen LogP contribution in [0.1, 0.15) is 23.0 Å². The average Bonchev–Trinajstić information content (AvgIpc) is 3.50. The first-order valence-electron chi connectivity index (χ1n) is 10.8. The van der Waals surface area contributed by atoms with Gasteiger partial charge < -0.3 is 20.0 Å². The molecule has 0 aliphatic carbocycles. The lowest BCUT2D eigenvalue weighted by molar-refractivity contribution is 0.414. The highest BCUT2D eigenvalue weighted by atomic mass is 16.5. The molecule has 5 nitrogen and oxygen atoms in total. The molecule has 0 saturated heterocycles. The number of fused-ring (bicyclic) bond motifs is 1. The van der Waals surface area contributed by atoms with Crippen LogP contribution in [0.25, 0.3) is 22.2 Å². The molecular weight excluding hydrogens is 396 g/mol. The molecule has 0 aliphatic rings. The van der Waals surface area contributed by atoms with Gasteiger partial charge >= 0.3 is 0 Å². The van der Waals surface area contributed by atoms with Crippen LogP contribution in [0.15, 0.2) is 91.3 Å². The summed E-state index contributed by atoms with van der Waals surface area (Å²) in [6.45, 7) is 0.735. The molecule has 1 atom stereocenters. The SMILES string of the molecule is COc1ccc(CN[C@H](Cc2c[nH]c3ccccc23)c2nc(-c3ccccc3)c[nH]2)cc1. The smallest absolute Gasteiger partial charge is 0.124 e. The summed E-state index contributed by atoms with van der Waals surface area (Å²) in [5.41, 5.74) is 5.68. The van der Waals surface area contributed by atoms with Crippen molar-refractivity contribution in [3.63, 3.8) is 0 Å². The first-order valence-corrected chi connectivity index (χ1v) is 10.8. The Bertz CT molecular complexity index is 1290. The van der Waals surface area contributed by atoms with Crippen molar-refractivity contribution in [1.29, 1.82) is 0 Å². The van der Waals surface area contributed by atoms with Crippen molar-refractivity contribution in [3.05, 3.63) is 108 Å². The summed E-state index contributed by atoms with van der Waals surface area (Å²) < 4.78 is 5.28. The minimum atomic E-state index is 0.0359. The molecule has 0 saturated carbocycles. The number of para-hydroxylation sites is 1. The van der Waals surface area contributed by atoms with Crippen molar-refractivity contribution in [2.45, 2.75) is 19.0 Å². The fourth-order valence-corrected chi connectivity index (χ4v) is 4.04. The predicted octanol–water partition coefficient (Wildman–Crippen LogP) is 5.64. The second-order valence-corrected chi connectivity index (χ2v) is 7.88. The zero-order valence-corrected chi connectivity index (χ0v) is 18.0. The van der Waals surface area contributed by atoms with Gasteiger partial charge in [-0.3, -0.25) is 0 Å². The molecule has 5 heteroatoms. The zero-order valence-electron chi connectivity index (χ0n) is 18.0. The second kappa shape index (κ2) is 9.12. The number of nitrogens with zero attached hydrogens (tertiary/aromatic N) is 1. The van der Waals surface area contributed by atoms with Gasteiger partial charge in [-0.25, -0.2) is 4.98 Å². The number of H-pyrrole nitrogens is 2. The Kier molecular flexibility index (Phi) is 5.73. The number of hydrogen-bond donors (Lipinski definition) is 3. The van der Waals surface area contributed by atoms with Crippen LogP contribution < -0.4 is 10.1 Å². The van der Waals surface area contributed by atoms with E-state index in [4.69, 9.17) is 9.72 Å². The summed E-state index contributed by atoms with van der Waals surface area (Å²) in [4.78, 5) is 11.7. The van der Waals surface area contributed by atoms with E-state index in [-0.39, 0.29) is 6.04 Å². The van der Waals surface area contributed by atoms with E-state index in [0.29, 0.717) is 0 Å². The summed E-state index contributed by atoms with van der Waals surface area (Å²) in [7, 11) is 1.69. The molecule has 2 heterocycles. The Morgan fingerprint density at radius 3 is 2.47 bits per heavy atom. The molecule has 3 N–H and O–H groups in total. The maximum Gasteiger partial charge on any atom is 0.124 e. The number of aromatic nitrogens is 3. The zero-order chi connectivity index (χ0) is 21.8. The molecule has 5 rings (SSSR count). The number of hydrogen-bond acceptors (Lipinski definition) is 3. The molecule has 0 spiro atoms. The first-order chi connectivity index (χ1) is 15.8. The van der Waals surface area contributed by atoms with Gasteiger partial charge in [-0.15, -0.1) is 0 Å². The van der Waals surface area contributed by atoms with Crippen LogP contribution >= 0.6 is 0 Å². The average molecular weight is 423 g/mol. The van der Waals surface area contributed by atoms with Crippen LogP contribution in [0.5, 0.6) is 5.75 Å². The highest BCUT2D eigenvalue weighted by Gasteiger charge is 2.18. The summed E-state index contributed by atoms with van der Waals surface area (Å²) in [6, 6.07) is 26.9. The van der Waals surface area contributed by atoms with Gasteiger partial charge in [0.1, 0.15) is 11.6 Å². The fourth-order valence-electron chi connectivity index (χ4n) is 4.04. The van der Waals surface area contributed by atoms with E-state index in [0.717, 1.165) is 41.3 Å². The number of ether oxygens (including phenoxy) is 1. The summed E-state index contributed by atoms with van der Waals surface area (Å²) in [5, 5.41) is 4.96. The molecule has 3 aromatic carbocycles. The van der Waals surface area contributed by atoms with Crippen molar-refractivity contribution in [1.82, 2.24) is 20.3 Å². The monoisotopic (exact) mass is 422 g/mol. The third-order valence-electron chi connectivity index (χ3n) is 5.81. The Hall–Kier alpha value is -3.83. The van der Waals surface area contributed by atoms with E-state index in [1.165, 1.54) is 16.5 Å². The van der Waals surface area contributed by atoms with Crippen LogP contribution in [0, 0.1) is 0 Å². The van der Waals surface area contributed by atoms with Crippen LogP contribution in [0.4, 0.5) is 0 Å². The number of aromatic amines is 2. The van der Waals surface area contributed by atoms with Crippen molar-refractivity contribution < 1.29 is 4.74 Å². The molecule has 2 aromatic heterocycles. The van der Waals surface area contributed by atoms with E-state index in [1.807, 2.05) is 36.5 Å². The fraction of sp³-hybridized carbons (Fsp3) is 0.148. The second-order valence-electron chi connectivity index (χ2n) is 7.88. The van der Waals surface area contributed by atoms with Gasteiger partial charge in [0.25, 0.3) is 0 Å². The van der Waals surface area contributed by atoms with E-state index >= 15 is 0 Å². The normalized spacial score (nSPS) is 12.2. The highest BCUT2D eigenvalue weighted by molar-refractivity contribution is 5.83. The highest BCUT2D eigenvalue weighted by Crippen LogP contribution is 2.26. The maximum atomic E-state index is 5.28. The molecular formula is C27H26N4O. The minimum absolute atomic E-state index is 0.0359. The van der Waals surface area contributed by atoms with Crippen LogP contribution in [-0.2, 0) is 13.0 Å². The van der Waals surface area contributed by atoms with Crippen LogP contribution in [-0.4, -0.2) is 22.1 Å². The van der Waals surface area contributed by atoms with Crippen molar-refractivity contribution in [3.8, 4) is 17.0 Å². The molecule has 0 radical (unpaired) electrons. The van der Waals surface area contributed by atoms with E-state index in [2.05, 4.69) is 70.0 Å². The predicted molar refractivity (Wildman–Crippen MR) is 129 cm³/mol. The maximum absolute atomic E-state index is 5.28. The molecule has 5 aromatic rings. The lowest BCUT2D eigenvalue weighted by atomic mass is 10.0. The molecule has 160 valence electrons. The Morgan fingerprint density at radius 2 is 1.66 bits per heavy atom. The van der Waals surface area contributed by atoms with Gasteiger partial charge in [-0.05, 0) is 35.7 Å². The van der Waals surface area contributed by atoms with Gasteiger partial charge in [0.2, 0.25) is 0 Å². The van der Waals surface area contributed by atoms with Gasteiger partial charge in [0, 0.05) is 35.4 Å². The van der Waals surface area contributed by atoms with Crippen LogP contribution in [0.2, 0.25) is 0 Å². The Morgan fingerprint density at radius 1 is 0.875 bits per heavy atom. The topological polar surface area (TPSA) is 65.7 Å². The van der Waals surface area contributed by atoms with Crippen molar-refractivity contribution in [2.75, 3.05) is 7.11 Å². The number of imidazole rings is 1. The molecule has 0 fully saturated rings. The summed E-state index contributed by atoms with van der Waals surface area (Å²) >= 11 is 0. The largest absolute Gasteiger partial charge is 0.497 e. The first kappa shape index (κ1) is 20.1. The Balaban J connectivity index is 1.42. The quantitative estimate of drug-likeness (QED) is 0.303. The number of benzene rings is 3. The van der Waals surface area contributed by atoms with Gasteiger partial charge in [0.05, 0.1) is 18.8 Å². The molecule has 0 bridgehead atoms. The van der Waals surface area contributed by atoms with Crippen molar-refractivity contribution in [2.24, 2.45) is 0 Å². The van der Waals surface area contributed by atoms with Gasteiger partial charge in [-0.1, -0.05) is 60.7 Å². The van der Waals surface area contributed by atoms with Crippen LogP contribution in [0.3, 0.4) is 0 Å². The lowest BCUT2D eigenvalue weighted by Gasteiger charge is -2.17. The Labute approximate surface area is 187 Å². The number of rotatable bonds is 8. The number of methoxy groups -OCH3 is 1. The van der Waals surface area contributed by atoms with E-state index in [9.17, 15) is 0 Å². The number of nitrogens with one attached hydrogen (secondary N) is 3. The standard InChI is InChI=1S/C27H26N4O/c1-32-22-13-11-19(12-14-22)16-28-25(15-21-17-29-24-10-6-5-9-23(21)24)27-30-18-26(31-27)20-7-3-2-4-8-20/h2-14,17-18,25,28-29H,15-16H2,1H3,(H,30,31)/t25-/m1/s1. The summed E-state index contributed by atoms with van der Waals surface area (Å²) in [5.74, 6) is 1.80. The van der Waals surface area contributed by atoms with E-state index in [1.54, 1.807) is 7.11 Å². The van der Waals surface area contributed by atoms with E-state index < -0.39 is 0 Å². The molecule has 32 heavy (non-hydrogen) atoms. The molecule has 0 aliphatic heterocycles. The third-order valence-corrected chi connectivity index (χ3v) is 5.81. The lowest BCUT2D eigenvalue weighted by Crippen LogP contribution is -2.24. The minimum Gasteiger partial charge on any atom is -0.497 e. The summed E-state index contributed by atoms with van der Waals surface area (Å²) in [6.07, 6.45) is 4.91. The third kappa shape index (κ3) is 4.29. The van der Waals surface area contributed by atoms with Gasteiger partial charge in [-0.2, -0.15) is 0 Å². The molecule has 0 unspecified atom stereocenters.